The predicted molar refractivity (Wildman–Crippen MR) is 67.4 cm³/mol. The lowest BCUT2D eigenvalue weighted by molar-refractivity contribution is -0.109. The number of rotatable bonds is 5. The van der Waals surface area contributed by atoms with Gasteiger partial charge in [0.1, 0.15) is 6.10 Å². The minimum absolute atomic E-state index is 0.00250. The monoisotopic (exact) mass is 256 g/mol. The number of hydrogen-bond acceptors (Lipinski definition) is 6. The molecule has 94 valence electrons. The van der Waals surface area contributed by atoms with Crippen LogP contribution in [0.3, 0.4) is 0 Å². The number of aliphatic hydroxyl groups excluding tert-OH is 2. The number of thioether (sulfide) groups is 1. The van der Waals surface area contributed by atoms with Crippen LogP contribution < -0.4 is 5.73 Å². The molecule has 0 spiro atoms. The van der Waals surface area contributed by atoms with Crippen LogP contribution in [0.4, 0.5) is 5.69 Å². The van der Waals surface area contributed by atoms with Crippen molar-refractivity contribution in [3.05, 3.63) is 24.0 Å². The summed E-state index contributed by atoms with van der Waals surface area (Å²) in [6, 6.07) is 3.18. The normalized spacial score (nSPS) is 14.3. The molecule has 0 bridgehead atoms. The molecule has 0 aromatic carbocycles. The average Bonchev–Trinajstić information content (AvgIpc) is 2.28. The van der Waals surface area contributed by atoms with Gasteiger partial charge in [-0.15, -0.1) is 0 Å². The molecule has 0 amide bonds. The Morgan fingerprint density at radius 1 is 1.53 bits per heavy atom. The quantitative estimate of drug-likeness (QED) is 0.718. The summed E-state index contributed by atoms with van der Waals surface area (Å²) in [5.74, 6) is 0.475. The maximum atomic E-state index is 10.7. The van der Waals surface area contributed by atoms with Gasteiger partial charge in [0.2, 0.25) is 0 Å². The second-order valence-corrected chi connectivity index (χ2v) is 4.93. The molecule has 4 N–H and O–H groups in total. The van der Waals surface area contributed by atoms with Gasteiger partial charge in [0.25, 0.3) is 0 Å². The van der Waals surface area contributed by atoms with Crippen molar-refractivity contribution in [2.45, 2.75) is 25.6 Å². The molecule has 0 aliphatic carbocycles. The summed E-state index contributed by atoms with van der Waals surface area (Å²) in [6.07, 6.45) is -0.228. The minimum atomic E-state index is -1.05. The Kier molecular flexibility index (Phi) is 5.40. The molecule has 17 heavy (non-hydrogen) atoms. The Labute approximate surface area is 104 Å². The van der Waals surface area contributed by atoms with Gasteiger partial charge in [-0.25, -0.2) is 0 Å². The highest BCUT2D eigenvalue weighted by atomic mass is 32.2. The van der Waals surface area contributed by atoms with Crippen molar-refractivity contribution < 1.29 is 15.0 Å². The van der Waals surface area contributed by atoms with E-state index in [1.807, 2.05) is 0 Å². The molecular weight excluding hydrogens is 240 g/mol. The third-order valence-electron chi connectivity index (χ3n) is 2.20. The van der Waals surface area contributed by atoms with Gasteiger partial charge < -0.3 is 15.9 Å². The maximum Gasteiger partial charge on any atom is 0.185 e. The fraction of sp³-hybridized carbons (Fsp3) is 0.455. The topological polar surface area (TPSA) is 96.4 Å². The van der Waals surface area contributed by atoms with Gasteiger partial charge in [0.15, 0.2) is 5.12 Å². The van der Waals surface area contributed by atoms with Crippen molar-refractivity contribution in [2.75, 3.05) is 11.5 Å². The molecule has 1 heterocycles. The fourth-order valence-corrected chi connectivity index (χ4v) is 1.92. The van der Waals surface area contributed by atoms with E-state index in [1.165, 1.54) is 13.1 Å². The first-order valence-corrected chi connectivity index (χ1v) is 6.20. The predicted octanol–water partition coefficient (Wildman–Crippen LogP) is 0.728. The molecule has 0 aliphatic rings. The van der Waals surface area contributed by atoms with Crippen LogP contribution in [0.1, 0.15) is 25.1 Å². The molecule has 0 radical (unpaired) electrons. The zero-order valence-corrected chi connectivity index (χ0v) is 10.4. The summed E-state index contributed by atoms with van der Waals surface area (Å²) < 4.78 is 0. The summed E-state index contributed by atoms with van der Waals surface area (Å²) in [6.45, 7) is 1.47. The summed E-state index contributed by atoms with van der Waals surface area (Å²) in [5, 5.41) is 19.5. The average molecular weight is 256 g/mol. The van der Waals surface area contributed by atoms with Gasteiger partial charge >= 0.3 is 0 Å². The number of nitrogen functional groups attached to an aromatic ring is 1. The zero-order valence-electron chi connectivity index (χ0n) is 9.54. The van der Waals surface area contributed by atoms with Gasteiger partial charge in [-0.05, 0) is 18.6 Å². The van der Waals surface area contributed by atoms with Crippen molar-refractivity contribution in [1.29, 1.82) is 0 Å². The first kappa shape index (κ1) is 14.0. The van der Waals surface area contributed by atoms with Crippen LogP contribution in [0.5, 0.6) is 0 Å². The zero-order chi connectivity index (χ0) is 12.8. The Balaban J connectivity index is 2.48. The summed E-state index contributed by atoms with van der Waals surface area (Å²) in [7, 11) is 0. The number of nitrogens with zero attached hydrogens (tertiary/aromatic N) is 1. The molecule has 0 fully saturated rings. The van der Waals surface area contributed by atoms with Crippen molar-refractivity contribution in [2.24, 2.45) is 0 Å². The van der Waals surface area contributed by atoms with Crippen molar-refractivity contribution in [1.82, 2.24) is 4.98 Å². The summed E-state index contributed by atoms with van der Waals surface area (Å²) >= 11 is 1.12. The number of hydrogen-bond donors (Lipinski definition) is 3. The molecule has 2 atom stereocenters. The third-order valence-corrected chi connectivity index (χ3v) is 3.04. The van der Waals surface area contributed by atoms with Gasteiger partial charge in [0.05, 0.1) is 23.7 Å². The number of anilines is 1. The third kappa shape index (κ3) is 4.72. The van der Waals surface area contributed by atoms with E-state index < -0.39 is 12.2 Å². The number of aliphatic hydroxyl groups is 2. The SMILES string of the molecule is CC(=O)SCCC(O)C(O)c1ccc(N)cn1. The van der Waals surface area contributed by atoms with E-state index in [4.69, 9.17) is 5.73 Å². The minimum Gasteiger partial charge on any atom is -0.397 e. The van der Waals surface area contributed by atoms with E-state index in [1.54, 1.807) is 12.1 Å². The molecule has 1 aromatic rings. The Hall–Kier alpha value is -1.11. The highest BCUT2D eigenvalue weighted by molar-refractivity contribution is 8.13. The summed E-state index contributed by atoms with van der Waals surface area (Å²) in [4.78, 5) is 14.6. The molecule has 0 saturated carbocycles. The van der Waals surface area contributed by atoms with E-state index in [2.05, 4.69) is 4.98 Å². The number of aromatic nitrogens is 1. The van der Waals surface area contributed by atoms with E-state index >= 15 is 0 Å². The maximum absolute atomic E-state index is 10.7. The van der Waals surface area contributed by atoms with Crippen molar-refractivity contribution in [3.63, 3.8) is 0 Å². The van der Waals surface area contributed by atoms with E-state index in [0.717, 1.165) is 11.8 Å². The highest BCUT2D eigenvalue weighted by Crippen LogP contribution is 2.19. The van der Waals surface area contributed by atoms with Gasteiger partial charge in [-0.2, -0.15) is 0 Å². The number of nitrogens with two attached hydrogens (primary N) is 1. The second kappa shape index (κ2) is 6.58. The lowest BCUT2D eigenvalue weighted by atomic mass is 10.1. The molecular formula is C11H16N2O3S. The molecule has 1 rings (SSSR count). The standard InChI is InChI=1S/C11H16N2O3S/c1-7(14)17-5-4-10(15)11(16)9-3-2-8(12)6-13-9/h2-3,6,10-11,15-16H,4-5,12H2,1H3. The smallest absolute Gasteiger partial charge is 0.185 e. The van der Waals surface area contributed by atoms with Crippen LogP contribution in [-0.2, 0) is 4.79 Å². The van der Waals surface area contributed by atoms with Crippen molar-refractivity contribution >= 4 is 22.6 Å². The van der Waals surface area contributed by atoms with Crippen LogP contribution in [0, 0.1) is 0 Å². The Morgan fingerprint density at radius 2 is 2.24 bits per heavy atom. The van der Waals surface area contributed by atoms with Crippen LogP contribution in [-0.4, -0.2) is 32.2 Å². The van der Waals surface area contributed by atoms with E-state index in [-0.39, 0.29) is 5.12 Å². The molecule has 0 saturated heterocycles. The van der Waals surface area contributed by atoms with Crippen LogP contribution in [0.15, 0.2) is 18.3 Å². The molecule has 2 unspecified atom stereocenters. The van der Waals surface area contributed by atoms with Crippen LogP contribution in [0.2, 0.25) is 0 Å². The fourth-order valence-electron chi connectivity index (χ4n) is 1.27. The van der Waals surface area contributed by atoms with E-state index in [9.17, 15) is 15.0 Å². The van der Waals surface area contributed by atoms with E-state index in [0.29, 0.717) is 23.6 Å². The lowest BCUT2D eigenvalue weighted by Crippen LogP contribution is -2.20. The van der Waals surface area contributed by atoms with Gasteiger partial charge in [0, 0.05) is 12.7 Å². The second-order valence-electron chi connectivity index (χ2n) is 3.66. The molecule has 5 nitrogen and oxygen atoms in total. The van der Waals surface area contributed by atoms with Gasteiger partial charge in [-0.1, -0.05) is 11.8 Å². The number of carbonyl (C=O) groups excluding carboxylic acids is 1. The first-order chi connectivity index (χ1) is 8.00. The first-order valence-electron chi connectivity index (χ1n) is 5.21. The molecule has 0 aliphatic heterocycles. The highest BCUT2D eigenvalue weighted by Gasteiger charge is 2.19. The Morgan fingerprint density at radius 3 is 2.76 bits per heavy atom. The van der Waals surface area contributed by atoms with Crippen molar-refractivity contribution in [3.8, 4) is 0 Å². The lowest BCUT2D eigenvalue weighted by Gasteiger charge is -2.16. The van der Waals surface area contributed by atoms with Crippen LogP contribution >= 0.6 is 11.8 Å². The number of pyridine rings is 1. The molecule has 1 aromatic heterocycles. The molecule has 6 heteroatoms. The summed E-state index contributed by atoms with van der Waals surface area (Å²) in [5.41, 5.74) is 6.35. The largest absolute Gasteiger partial charge is 0.397 e. The number of carbonyl (C=O) groups is 1. The Bertz CT molecular complexity index is 369. The van der Waals surface area contributed by atoms with Crippen LogP contribution in [0.25, 0.3) is 0 Å². The van der Waals surface area contributed by atoms with Gasteiger partial charge in [-0.3, -0.25) is 9.78 Å².